The maximum absolute atomic E-state index is 11.1. The Labute approximate surface area is 107 Å². The Balaban J connectivity index is 2.82. The Morgan fingerprint density at radius 2 is 2.17 bits per heavy atom. The van der Waals surface area contributed by atoms with Gasteiger partial charge < -0.3 is 9.47 Å². The minimum atomic E-state index is -0.298. The molecule has 0 bridgehead atoms. The van der Waals surface area contributed by atoms with E-state index in [1.807, 2.05) is 0 Å². The molecule has 5 nitrogen and oxygen atoms in total. The molecule has 1 rings (SSSR count). The third-order valence-corrected chi connectivity index (χ3v) is 2.48. The summed E-state index contributed by atoms with van der Waals surface area (Å²) in [4.78, 5) is 12.9. The van der Waals surface area contributed by atoms with Crippen molar-refractivity contribution in [3.63, 3.8) is 0 Å². The van der Waals surface area contributed by atoms with Gasteiger partial charge in [-0.3, -0.25) is 9.69 Å². The predicted molar refractivity (Wildman–Crippen MR) is 66.1 cm³/mol. The van der Waals surface area contributed by atoms with Crippen LogP contribution in [-0.2, 0) is 16.1 Å². The molecule has 0 heterocycles. The second kappa shape index (κ2) is 6.62. The normalized spacial score (nSPS) is 9.94. The van der Waals surface area contributed by atoms with Gasteiger partial charge in [-0.15, -0.1) is 0 Å². The zero-order valence-electron chi connectivity index (χ0n) is 10.8. The lowest BCUT2D eigenvalue weighted by atomic mass is 10.1. The molecule has 0 aliphatic rings. The Kier molecular flexibility index (Phi) is 5.15. The summed E-state index contributed by atoms with van der Waals surface area (Å²) in [5.41, 5.74) is 1.43. The summed E-state index contributed by atoms with van der Waals surface area (Å²) < 4.78 is 9.82. The molecule has 5 heteroatoms. The van der Waals surface area contributed by atoms with Crippen molar-refractivity contribution in [2.24, 2.45) is 0 Å². The zero-order chi connectivity index (χ0) is 13.5. The van der Waals surface area contributed by atoms with Crippen molar-refractivity contribution in [1.82, 2.24) is 4.90 Å². The van der Waals surface area contributed by atoms with E-state index in [-0.39, 0.29) is 12.5 Å². The number of carbonyl (C=O) groups excluding carboxylic acids is 1. The van der Waals surface area contributed by atoms with Crippen molar-refractivity contribution in [2.75, 3.05) is 27.8 Å². The second-order valence-electron chi connectivity index (χ2n) is 3.89. The number of rotatable bonds is 5. The number of esters is 1. The highest BCUT2D eigenvalue weighted by atomic mass is 16.5. The molecule has 0 amide bonds. The van der Waals surface area contributed by atoms with Crippen LogP contribution in [0.2, 0.25) is 0 Å². The van der Waals surface area contributed by atoms with Gasteiger partial charge in [0.05, 0.1) is 32.4 Å². The number of methoxy groups -OCH3 is 2. The van der Waals surface area contributed by atoms with E-state index >= 15 is 0 Å². The molecule has 0 saturated carbocycles. The van der Waals surface area contributed by atoms with Gasteiger partial charge in [-0.1, -0.05) is 0 Å². The van der Waals surface area contributed by atoms with Crippen LogP contribution in [0.25, 0.3) is 0 Å². The minimum Gasteiger partial charge on any atom is -0.496 e. The second-order valence-corrected chi connectivity index (χ2v) is 3.89. The van der Waals surface area contributed by atoms with E-state index < -0.39 is 0 Å². The summed E-state index contributed by atoms with van der Waals surface area (Å²) >= 11 is 0. The fourth-order valence-electron chi connectivity index (χ4n) is 1.60. The molecule has 0 radical (unpaired) electrons. The van der Waals surface area contributed by atoms with Gasteiger partial charge in [0, 0.05) is 12.1 Å². The molecule has 0 saturated heterocycles. The lowest BCUT2D eigenvalue weighted by Crippen LogP contribution is -2.26. The Morgan fingerprint density at radius 1 is 1.44 bits per heavy atom. The van der Waals surface area contributed by atoms with E-state index in [0.717, 1.165) is 5.56 Å². The number of hydrogen-bond donors (Lipinski definition) is 0. The van der Waals surface area contributed by atoms with Crippen molar-refractivity contribution < 1.29 is 14.3 Å². The van der Waals surface area contributed by atoms with Gasteiger partial charge in [-0.05, 0) is 25.2 Å². The number of hydrogen-bond acceptors (Lipinski definition) is 5. The summed E-state index contributed by atoms with van der Waals surface area (Å²) in [7, 11) is 4.73. The van der Waals surface area contributed by atoms with E-state index in [9.17, 15) is 4.79 Å². The van der Waals surface area contributed by atoms with Crippen LogP contribution in [0.15, 0.2) is 18.2 Å². The maximum Gasteiger partial charge on any atom is 0.319 e. The number of nitrogens with zero attached hydrogens (tertiary/aromatic N) is 2. The Hall–Kier alpha value is -2.06. The highest BCUT2D eigenvalue weighted by Gasteiger charge is 2.10. The standard InChI is InChI=1S/C13H16N2O3/c1-15(9-13(16)18-3)8-11-6-10(7-14)4-5-12(11)17-2/h4-6H,8-9H2,1-3H3. The molecular weight excluding hydrogens is 232 g/mol. The summed E-state index contributed by atoms with van der Waals surface area (Å²) in [6, 6.07) is 7.28. The fourth-order valence-corrected chi connectivity index (χ4v) is 1.60. The summed E-state index contributed by atoms with van der Waals surface area (Å²) in [5.74, 6) is 0.402. The molecule has 0 aliphatic heterocycles. The van der Waals surface area contributed by atoms with Crippen LogP contribution < -0.4 is 4.74 Å². The molecule has 1 aromatic carbocycles. The van der Waals surface area contributed by atoms with E-state index in [2.05, 4.69) is 10.8 Å². The van der Waals surface area contributed by atoms with Crippen molar-refractivity contribution >= 4 is 5.97 Å². The molecule has 1 aromatic rings. The lowest BCUT2D eigenvalue weighted by molar-refractivity contribution is -0.141. The molecule has 0 aliphatic carbocycles. The van der Waals surface area contributed by atoms with Crippen LogP contribution in [0, 0.1) is 11.3 Å². The van der Waals surface area contributed by atoms with Crippen LogP contribution in [-0.4, -0.2) is 38.7 Å². The van der Waals surface area contributed by atoms with Crippen LogP contribution in [0.5, 0.6) is 5.75 Å². The number of ether oxygens (including phenoxy) is 2. The summed E-state index contributed by atoms with van der Waals surface area (Å²) in [6.07, 6.45) is 0. The van der Waals surface area contributed by atoms with Gasteiger partial charge in [0.2, 0.25) is 0 Å². The minimum absolute atomic E-state index is 0.191. The van der Waals surface area contributed by atoms with Gasteiger partial charge >= 0.3 is 5.97 Å². The average molecular weight is 248 g/mol. The van der Waals surface area contributed by atoms with Crippen molar-refractivity contribution in [2.45, 2.75) is 6.54 Å². The molecular formula is C13H16N2O3. The monoisotopic (exact) mass is 248 g/mol. The van der Waals surface area contributed by atoms with Gasteiger partial charge in [0.15, 0.2) is 0 Å². The van der Waals surface area contributed by atoms with Crippen LogP contribution in [0.1, 0.15) is 11.1 Å². The first-order valence-electron chi connectivity index (χ1n) is 5.43. The largest absolute Gasteiger partial charge is 0.496 e. The maximum atomic E-state index is 11.1. The van der Waals surface area contributed by atoms with Crippen molar-refractivity contribution in [3.8, 4) is 11.8 Å². The third kappa shape index (κ3) is 3.75. The van der Waals surface area contributed by atoms with Crippen LogP contribution >= 0.6 is 0 Å². The van der Waals surface area contributed by atoms with Crippen molar-refractivity contribution in [3.05, 3.63) is 29.3 Å². The van der Waals surface area contributed by atoms with E-state index in [4.69, 9.17) is 10.00 Å². The quantitative estimate of drug-likeness (QED) is 0.732. The van der Waals surface area contributed by atoms with E-state index in [1.165, 1.54) is 7.11 Å². The first kappa shape index (κ1) is 14.0. The van der Waals surface area contributed by atoms with Gasteiger partial charge in [-0.25, -0.2) is 0 Å². The lowest BCUT2D eigenvalue weighted by Gasteiger charge is -2.17. The molecule has 0 fully saturated rings. The Morgan fingerprint density at radius 3 is 2.72 bits per heavy atom. The molecule has 0 aromatic heterocycles. The smallest absolute Gasteiger partial charge is 0.319 e. The van der Waals surface area contributed by atoms with Crippen LogP contribution in [0.4, 0.5) is 0 Å². The number of likely N-dealkylation sites (N-methyl/N-ethyl adjacent to an activating group) is 1. The highest BCUT2D eigenvalue weighted by molar-refractivity contribution is 5.71. The fraction of sp³-hybridized carbons (Fsp3) is 0.385. The number of carbonyl (C=O) groups is 1. The molecule has 0 N–H and O–H groups in total. The van der Waals surface area contributed by atoms with E-state index in [0.29, 0.717) is 17.9 Å². The highest BCUT2D eigenvalue weighted by Crippen LogP contribution is 2.20. The third-order valence-electron chi connectivity index (χ3n) is 2.48. The predicted octanol–water partition coefficient (Wildman–Crippen LogP) is 1.17. The van der Waals surface area contributed by atoms with Crippen LogP contribution in [0.3, 0.4) is 0 Å². The first-order chi connectivity index (χ1) is 8.60. The van der Waals surface area contributed by atoms with E-state index in [1.54, 1.807) is 37.3 Å². The van der Waals surface area contributed by atoms with Crippen molar-refractivity contribution in [1.29, 1.82) is 5.26 Å². The number of nitriles is 1. The number of benzene rings is 1. The topological polar surface area (TPSA) is 62.6 Å². The summed E-state index contributed by atoms with van der Waals surface area (Å²) in [5, 5.41) is 8.86. The molecule has 0 atom stereocenters. The molecule has 0 unspecified atom stereocenters. The van der Waals surface area contributed by atoms with Gasteiger partial charge in [0.1, 0.15) is 5.75 Å². The summed E-state index contributed by atoms with van der Waals surface area (Å²) in [6.45, 7) is 0.699. The zero-order valence-corrected chi connectivity index (χ0v) is 10.8. The average Bonchev–Trinajstić information content (AvgIpc) is 2.38. The molecule has 0 spiro atoms. The SMILES string of the molecule is COC(=O)CN(C)Cc1cc(C#N)ccc1OC. The molecule has 18 heavy (non-hydrogen) atoms. The van der Waals surface area contributed by atoms with Gasteiger partial charge in [-0.2, -0.15) is 5.26 Å². The Bertz CT molecular complexity index is 466. The molecule has 96 valence electrons. The first-order valence-corrected chi connectivity index (χ1v) is 5.43. The van der Waals surface area contributed by atoms with Gasteiger partial charge in [0.25, 0.3) is 0 Å².